The van der Waals surface area contributed by atoms with Gasteiger partial charge < -0.3 is 10.2 Å². The Kier molecular flexibility index (Phi) is 12.4. The lowest BCUT2D eigenvalue weighted by molar-refractivity contribution is -0.141. The number of rotatable bonds is 13. The third-order valence-corrected chi connectivity index (χ3v) is 9.95. The molecule has 11 heteroatoms. The molecule has 236 valence electrons. The maximum atomic E-state index is 14.1. The zero-order chi connectivity index (χ0) is 31.7. The van der Waals surface area contributed by atoms with Gasteiger partial charge in [-0.2, -0.15) is 0 Å². The van der Waals surface area contributed by atoms with Crippen molar-refractivity contribution in [2.75, 3.05) is 17.1 Å². The third kappa shape index (κ3) is 9.61. The molecule has 1 aliphatic carbocycles. The van der Waals surface area contributed by atoms with Gasteiger partial charge >= 0.3 is 0 Å². The van der Waals surface area contributed by atoms with Crippen molar-refractivity contribution in [3.05, 3.63) is 99.0 Å². The minimum atomic E-state index is -3.73. The second kappa shape index (κ2) is 16.0. The Morgan fingerprint density at radius 2 is 1.59 bits per heavy atom. The molecule has 44 heavy (non-hydrogen) atoms. The van der Waals surface area contributed by atoms with Crippen molar-refractivity contribution in [2.24, 2.45) is 0 Å². The molecule has 0 aliphatic heterocycles. The summed E-state index contributed by atoms with van der Waals surface area (Å²) in [5.74, 6) is -0.486. The van der Waals surface area contributed by atoms with Crippen LogP contribution in [0, 0.1) is 0 Å². The molecule has 1 aliphatic rings. The van der Waals surface area contributed by atoms with Gasteiger partial charge in [-0.3, -0.25) is 13.9 Å². The van der Waals surface area contributed by atoms with Gasteiger partial charge in [0.15, 0.2) is 0 Å². The largest absolute Gasteiger partial charge is 0.352 e. The predicted molar refractivity (Wildman–Crippen MR) is 179 cm³/mol. The van der Waals surface area contributed by atoms with Crippen LogP contribution in [-0.2, 0) is 32.6 Å². The van der Waals surface area contributed by atoms with E-state index in [1.165, 1.54) is 12.1 Å². The first-order valence-electron chi connectivity index (χ1n) is 14.8. The number of carbonyl (C=O) groups excluding carboxylic acids is 2. The van der Waals surface area contributed by atoms with Crippen molar-refractivity contribution >= 4 is 62.3 Å². The molecule has 0 bridgehead atoms. The lowest BCUT2D eigenvalue weighted by atomic mass is 9.94. The molecule has 1 fully saturated rings. The topological polar surface area (TPSA) is 86.8 Å². The van der Waals surface area contributed by atoms with Crippen LogP contribution in [0.5, 0.6) is 0 Å². The lowest BCUT2D eigenvalue weighted by Gasteiger charge is -2.34. The Bertz CT molecular complexity index is 1530. The van der Waals surface area contributed by atoms with Crippen molar-refractivity contribution in [1.82, 2.24) is 10.2 Å². The van der Waals surface area contributed by atoms with Gasteiger partial charge in [-0.1, -0.05) is 103 Å². The minimum Gasteiger partial charge on any atom is -0.352 e. The maximum Gasteiger partial charge on any atom is 0.243 e. The number of benzene rings is 3. The van der Waals surface area contributed by atoms with Gasteiger partial charge in [0.05, 0.1) is 17.0 Å². The van der Waals surface area contributed by atoms with Crippen LogP contribution in [0.3, 0.4) is 0 Å². The zero-order valence-electron chi connectivity index (χ0n) is 24.7. The van der Waals surface area contributed by atoms with E-state index in [4.69, 9.17) is 34.8 Å². The quantitative estimate of drug-likeness (QED) is 0.206. The monoisotopic (exact) mass is 677 g/mol. The van der Waals surface area contributed by atoms with Crippen molar-refractivity contribution in [3.8, 4) is 0 Å². The lowest BCUT2D eigenvalue weighted by Crippen LogP contribution is -2.53. The number of nitrogens with zero attached hydrogens (tertiary/aromatic N) is 2. The second-order valence-electron chi connectivity index (χ2n) is 11.2. The Balaban J connectivity index is 1.61. The number of hydrogen-bond donors (Lipinski definition) is 1. The summed E-state index contributed by atoms with van der Waals surface area (Å²) >= 11 is 19.0. The van der Waals surface area contributed by atoms with E-state index in [1.807, 2.05) is 48.5 Å². The number of sulfonamides is 1. The molecule has 2 amide bonds. The van der Waals surface area contributed by atoms with Crippen molar-refractivity contribution in [1.29, 1.82) is 0 Å². The molecule has 1 atom stereocenters. The summed E-state index contributed by atoms with van der Waals surface area (Å²) in [6.07, 6.45) is 6.69. The van der Waals surface area contributed by atoms with Gasteiger partial charge in [0, 0.05) is 42.0 Å². The highest BCUT2D eigenvalue weighted by Crippen LogP contribution is 2.31. The number of nitrogens with one attached hydrogen (secondary N) is 1. The highest BCUT2D eigenvalue weighted by Gasteiger charge is 2.32. The van der Waals surface area contributed by atoms with Gasteiger partial charge in [0.1, 0.15) is 6.04 Å². The molecule has 7 nitrogen and oxygen atoms in total. The smallest absolute Gasteiger partial charge is 0.243 e. The average molecular weight is 679 g/mol. The Morgan fingerprint density at radius 1 is 0.909 bits per heavy atom. The predicted octanol–water partition coefficient (Wildman–Crippen LogP) is 7.28. The molecule has 0 radical (unpaired) electrons. The van der Waals surface area contributed by atoms with Crippen LogP contribution in [-0.4, -0.2) is 50.0 Å². The molecule has 0 spiro atoms. The highest BCUT2D eigenvalue weighted by molar-refractivity contribution is 7.92. The fraction of sp³-hybridized carbons (Fsp3) is 0.394. The number of halogens is 3. The van der Waals surface area contributed by atoms with E-state index in [0.29, 0.717) is 16.5 Å². The van der Waals surface area contributed by atoms with Crippen LogP contribution in [0.15, 0.2) is 72.8 Å². The van der Waals surface area contributed by atoms with Crippen LogP contribution in [0.4, 0.5) is 5.69 Å². The molecule has 1 N–H and O–H groups in total. The summed E-state index contributed by atoms with van der Waals surface area (Å²) in [5, 5.41) is 4.29. The van der Waals surface area contributed by atoms with Crippen molar-refractivity contribution in [3.63, 3.8) is 0 Å². The van der Waals surface area contributed by atoms with E-state index in [9.17, 15) is 18.0 Å². The number of carbonyl (C=O) groups is 2. The summed E-state index contributed by atoms with van der Waals surface area (Å²) < 4.78 is 26.6. The summed E-state index contributed by atoms with van der Waals surface area (Å²) in [6, 6.07) is 20.7. The van der Waals surface area contributed by atoms with Crippen molar-refractivity contribution < 1.29 is 18.0 Å². The SMILES string of the molecule is CS(=O)(=O)N(CCCC(=O)N(Cc1ccccc1Cl)[C@H](Cc1ccccc1)C(=O)NC1CCCCC1)c1cc(Cl)ccc1Cl. The summed E-state index contributed by atoms with van der Waals surface area (Å²) in [6.45, 7) is 0.131. The molecule has 4 rings (SSSR count). The van der Waals surface area contributed by atoms with E-state index in [1.54, 1.807) is 17.0 Å². The van der Waals surface area contributed by atoms with Crippen LogP contribution >= 0.6 is 34.8 Å². The van der Waals surface area contributed by atoms with E-state index in [-0.39, 0.29) is 54.5 Å². The first-order valence-corrected chi connectivity index (χ1v) is 17.8. The normalized spacial score (nSPS) is 14.5. The fourth-order valence-electron chi connectivity index (χ4n) is 5.57. The van der Waals surface area contributed by atoms with Crippen LogP contribution in [0.2, 0.25) is 15.1 Å². The maximum absolute atomic E-state index is 14.1. The molecular formula is C33H38Cl3N3O4S. The van der Waals surface area contributed by atoms with E-state index in [2.05, 4.69) is 5.32 Å². The molecule has 3 aromatic carbocycles. The molecule has 0 unspecified atom stereocenters. The van der Waals surface area contributed by atoms with Gasteiger partial charge in [-0.15, -0.1) is 0 Å². The Morgan fingerprint density at radius 3 is 2.27 bits per heavy atom. The number of hydrogen-bond acceptors (Lipinski definition) is 4. The summed E-state index contributed by atoms with van der Waals surface area (Å²) in [5.41, 5.74) is 1.89. The molecular weight excluding hydrogens is 641 g/mol. The Hall–Kier alpha value is -2.78. The second-order valence-corrected chi connectivity index (χ2v) is 14.4. The molecule has 1 saturated carbocycles. The molecule has 0 aromatic heterocycles. The number of anilines is 1. The highest BCUT2D eigenvalue weighted by atomic mass is 35.5. The molecule has 3 aromatic rings. The number of amides is 2. The summed E-state index contributed by atoms with van der Waals surface area (Å²) in [4.78, 5) is 29.6. The average Bonchev–Trinajstić information content (AvgIpc) is 2.99. The van der Waals surface area contributed by atoms with Crippen LogP contribution < -0.4 is 9.62 Å². The van der Waals surface area contributed by atoms with Crippen LogP contribution in [0.25, 0.3) is 0 Å². The first-order chi connectivity index (χ1) is 21.0. The third-order valence-electron chi connectivity index (χ3n) is 7.85. The van der Waals surface area contributed by atoms with Crippen molar-refractivity contribution in [2.45, 2.75) is 70.0 Å². The van der Waals surface area contributed by atoms with E-state index >= 15 is 0 Å². The van der Waals surface area contributed by atoms with Gasteiger partial charge in [0.2, 0.25) is 21.8 Å². The fourth-order valence-corrected chi connectivity index (χ4v) is 7.17. The van der Waals surface area contributed by atoms with Gasteiger partial charge in [-0.05, 0) is 54.7 Å². The first kappa shape index (κ1) is 34.1. The minimum absolute atomic E-state index is 0.00217. The van der Waals surface area contributed by atoms with E-state index < -0.39 is 16.1 Å². The standard InChI is InChI=1S/C33H38Cl3N3O4S/c1-44(42,43)39(30-22-26(34)18-19-29(30)36)20-10-17-32(40)38(23-25-13-8-9-16-28(25)35)31(21-24-11-4-2-5-12-24)33(41)37-27-14-6-3-7-15-27/h2,4-5,8-9,11-13,16,18-19,22,27,31H,3,6-7,10,14-15,17,20-21,23H2,1H3,(H,37,41)/t31-/m1/s1. The van der Waals surface area contributed by atoms with Gasteiger partial charge in [0.25, 0.3) is 0 Å². The summed E-state index contributed by atoms with van der Waals surface area (Å²) in [7, 11) is -3.73. The van der Waals surface area contributed by atoms with Crippen LogP contribution in [0.1, 0.15) is 56.1 Å². The molecule has 0 heterocycles. The van der Waals surface area contributed by atoms with Gasteiger partial charge in [-0.25, -0.2) is 8.42 Å². The molecule has 0 saturated heterocycles. The van der Waals surface area contributed by atoms with E-state index in [0.717, 1.165) is 53.8 Å². The Labute approximate surface area is 275 Å². The zero-order valence-corrected chi connectivity index (χ0v) is 27.8.